The minimum absolute atomic E-state index is 0.198. The number of nitrogens with one attached hydrogen (secondary N) is 1. The molecule has 1 aromatic carbocycles. The molecule has 0 spiro atoms. The summed E-state index contributed by atoms with van der Waals surface area (Å²) < 4.78 is 1.24. The summed E-state index contributed by atoms with van der Waals surface area (Å²) in [6.07, 6.45) is 3.75. The zero-order valence-electron chi connectivity index (χ0n) is 13.7. The van der Waals surface area contributed by atoms with Crippen LogP contribution in [0.2, 0.25) is 0 Å². The third kappa shape index (κ3) is 7.44. The number of hydrogen-bond acceptors (Lipinski definition) is 1. The molecule has 1 N–H and O–H groups in total. The van der Waals surface area contributed by atoms with E-state index in [-0.39, 0.29) is 5.54 Å². The van der Waals surface area contributed by atoms with E-state index in [0.29, 0.717) is 5.92 Å². The van der Waals surface area contributed by atoms with E-state index in [4.69, 9.17) is 0 Å². The first-order valence-electron chi connectivity index (χ1n) is 7.76. The Bertz CT molecular complexity index is 393. The molecule has 114 valence electrons. The number of halogens is 1. The van der Waals surface area contributed by atoms with Crippen molar-refractivity contribution < 1.29 is 0 Å². The lowest BCUT2D eigenvalue weighted by Gasteiger charge is -2.26. The van der Waals surface area contributed by atoms with Gasteiger partial charge in [0.05, 0.1) is 0 Å². The van der Waals surface area contributed by atoms with Crippen LogP contribution in [-0.4, -0.2) is 12.1 Å². The fraction of sp³-hybridized carbons (Fsp3) is 0.667. The predicted molar refractivity (Wildman–Crippen MR) is 93.2 cm³/mol. The van der Waals surface area contributed by atoms with Crippen LogP contribution in [0.3, 0.4) is 0 Å². The second-order valence-corrected chi connectivity index (χ2v) is 8.12. The molecule has 20 heavy (non-hydrogen) atoms. The monoisotopic (exact) mass is 339 g/mol. The average molecular weight is 340 g/mol. The van der Waals surface area contributed by atoms with Crippen LogP contribution in [0.5, 0.6) is 0 Å². The molecule has 0 heterocycles. The smallest absolute Gasteiger partial charge is 0.0207 e. The molecule has 0 radical (unpaired) electrons. The van der Waals surface area contributed by atoms with E-state index in [0.717, 1.165) is 18.9 Å². The lowest BCUT2D eigenvalue weighted by atomic mass is 9.91. The summed E-state index contributed by atoms with van der Waals surface area (Å²) in [4.78, 5) is 0. The van der Waals surface area contributed by atoms with Gasteiger partial charge in [-0.05, 0) is 63.6 Å². The first-order valence-corrected chi connectivity index (χ1v) is 8.55. The van der Waals surface area contributed by atoms with Gasteiger partial charge >= 0.3 is 0 Å². The molecule has 0 aliphatic heterocycles. The van der Waals surface area contributed by atoms with Gasteiger partial charge in [-0.3, -0.25) is 0 Å². The Balaban J connectivity index is 2.64. The van der Waals surface area contributed by atoms with Crippen molar-refractivity contribution >= 4 is 15.9 Å². The molecule has 0 bridgehead atoms. The van der Waals surface area contributed by atoms with Gasteiger partial charge in [0.1, 0.15) is 0 Å². The minimum Gasteiger partial charge on any atom is -0.312 e. The summed E-state index contributed by atoms with van der Waals surface area (Å²) in [6.45, 7) is 12.4. The van der Waals surface area contributed by atoms with Gasteiger partial charge in [0, 0.05) is 10.0 Å². The van der Waals surface area contributed by atoms with Gasteiger partial charge < -0.3 is 5.32 Å². The van der Waals surface area contributed by atoms with Crippen LogP contribution in [0, 0.1) is 11.8 Å². The predicted octanol–water partition coefficient (Wildman–Crippen LogP) is 5.43. The summed E-state index contributed by atoms with van der Waals surface area (Å²) in [5, 5.41) is 3.67. The molecular formula is C18H30BrN. The molecule has 0 saturated heterocycles. The number of rotatable bonds is 7. The molecule has 0 aromatic heterocycles. The van der Waals surface area contributed by atoms with E-state index < -0.39 is 0 Å². The lowest BCUT2D eigenvalue weighted by Crippen LogP contribution is -2.39. The highest BCUT2D eigenvalue weighted by Gasteiger charge is 2.16. The van der Waals surface area contributed by atoms with E-state index in [1.807, 2.05) is 0 Å². The summed E-state index contributed by atoms with van der Waals surface area (Å²) >= 11 is 3.68. The SMILES string of the molecule is CC(C)CCC(CNC(C)(C)C)Cc1ccccc1Br. The molecule has 1 nitrogen and oxygen atoms in total. The van der Waals surface area contributed by atoms with Crippen molar-refractivity contribution in [3.05, 3.63) is 34.3 Å². The highest BCUT2D eigenvalue weighted by atomic mass is 79.9. The Morgan fingerprint density at radius 2 is 1.75 bits per heavy atom. The maximum atomic E-state index is 3.68. The Hall–Kier alpha value is -0.340. The molecule has 1 unspecified atom stereocenters. The largest absolute Gasteiger partial charge is 0.312 e. The number of hydrogen-bond donors (Lipinski definition) is 1. The minimum atomic E-state index is 0.198. The highest BCUT2D eigenvalue weighted by Crippen LogP contribution is 2.23. The molecule has 1 aromatic rings. The first kappa shape index (κ1) is 17.7. The third-order valence-corrected chi connectivity index (χ3v) is 4.31. The van der Waals surface area contributed by atoms with Gasteiger partial charge in [-0.1, -0.05) is 54.4 Å². The van der Waals surface area contributed by atoms with Crippen LogP contribution in [0.4, 0.5) is 0 Å². The summed E-state index contributed by atoms with van der Waals surface area (Å²) in [5.41, 5.74) is 1.63. The van der Waals surface area contributed by atoms with Crippen LogP contribution in [0.15, 0.2) is 28.7 Å². The molecule has 1 atom stereocenters. The van der Waals surface area contributed by atoms with Crippen LogP contribution in [0.1, 0.15) is 53.0 Å². The Morgan fingerprint density at radius 1 is 1.10 bits per heavy atom. The molecule has 0 fully saturated rings. The van der Waals surface area contributed by atoms with E-state index in [2.05, 4.69) is 80.1 Å². The quantitative estimate of drug-likeness (QED) is 0.698. The van der Waals surface area contributed by atoms with Crippen LogP contribution < -0.4 is 5.32 Å². The highest BCUT2D eigenvalue weighted by molar-refractivity contribution is 9.10. The van der Waals surface area contributed by atoms with Crippen molar-refractivity contribution in [1.29, 1.82) is 0 Å². The van der Waals surface area contributed by atoms with Crippen LogP contribution >= 0.6 is 15.9 Å². The topological polar surface area (TPSA) is 12.0 Å². The van der Waals surface area contributed by atoms with E-state index in [1.54, 1.807) is 0 Å². The van der Waals surface area contributed by atoms with Gasteiger partial charge in [0.15, 0.2) is 0 Å². The van der Waals surface area contributed by atoms with E-state index >= 15 is 0 Å². The van der Waals surface area contributed by atoms with Crippen molar-refractivity contribution in [3.8, 4) is 0 Å². The fourth-order valence-electron chi connectivity index (χ4n) is 2.27. The van der Waals surface area contributed by atoms with Crippen molar-refractivity contribution in [2.75, 3.05) is 6.54 Å². The van der Waals surface area contributed by atoms with E-state index in [1.165, 1.54) is 22.9 Å². The standard InChI is InChI=1S/C18H30BrN/c1-14(2)10-11-15(13-20-18(3,4)5)12-16-8-6-7-9-17(16)19/h6-9,14-15,20H,10-13H2,1-5H3. The van der Waals surface area contributed by atoms with Crippen LogP contribution in [-0.2, 0) is 6.42 Å². The van der Waals surface area contributed by atoms with Gasteiger partial charge in [0.25, 0.3) is 0 Å². The maximum Gasteiger partial charge on any atom is 0.0207 e. The molecule has 1 rings (SSSR count). The van der Waals surface area contributed by atoms with Gasteiger partial charge in [-0.2, -0.15) is 0 Å². The van der Waals surface area contributed by atoms with E-state index in [9.17, 15) is 0 Å². The molecular weight excluding hydrogens is 310 g/mol. The molecule has 0 aliphatic carbocycles. The van der Waals surface area contributed by atoms with Crippen molar-refractivity contribution in [1.82, 2.24) is 5.32 Å². The van der Waals surface area contributed by atoms with Gasteiger partial charge in [-0.25, -0.2) is 0 Å². The second-order valence-electron chi connectivity index (χ2n) is 7.26. The fourth-order valence-corrected chi connectivity index (χ4v) is 2.72. The normalized spacial score (nSPS) is 13.8. The Kier molecular flexibility index (Phi) is 7.25. The average Bonchev–Trinajstić information content (AvgIpc) is 2.34. The Morgan fingerprint density at radius 3 is 2.30 bits per heavy atom. The lowest BCUT2D eigenvalue weighted by molar-refractivity contribution is 0.340. The molecule has 0 amide bonds. The summed E-state index contributed by atoms with van der Waals surface area (Å²) in [7, 11) is 0. The van der Waals surface area contributed by atoms with Crippen molar-refractivity contribution in [2.24, 2.45) is 11.8 Å². The van der Waals surface area contributed by atoms with Crippen molar-refractivity contribution in [2.45, 2.75) is 59.4 Å². The molecule has 0 aliphatic rings. The first-order chi connectivity index (χ1) is 9.28. The van der Waals surface area contributed by atoms with Gasteiger partial charge in [-0.15, -0.1) is 0 Å². The number of benzene rings is 1. The van der Waals surface area contributed by atoms with Crippen molar-refractivity contribution in [3.63, 3.8) is 0 Å². The molecule has 0 saturated carbocycles. The molecule has 2 heteroatoms. The second kappa shape index (κ2) is 8.19. The zero-order valence-corrected chi connectivity index (χ0v) is 15.3. The van der Waals surface area contributed by atoms with Gasteiger partial charge in [0.2, 0.25) is 0 Å². The van der Waals surface area contributed by atoms with Crippen LogP contribution in [0.25, 0.3) is 0 Å². The Labute approximate surface area is 133 Å². The maximum absolute atomic E-state index is 3.68. The summed E-state index contributed by atoms with van der Waals surface area (Å²) in [5.74, 6) is 1.49. The third-order valence-electron chi connectivity index (χ3n) is 3.54. The summed E-state index contributed by atoms with van der Waals surface area (Å²) in [6, 6.07) is 8.61. The zero-order chi connectivity index (χ0) is 15.2.